The Kier molecular flexibility index (Phi) is 4.05. The first-order chi connectivity index (χ1) is 7.31. The van der Waals surface area contributed by atoms with Gasteiger partial charge in [-0.2, -0.15) is 11.8 Å². The fourth-order valence-electron chi connectivity index (χ4n) is 1.69. The maximum atomic E-state index is 5.74. The topological polar surface area (TPSA) is 47.3 Å². The molecular formula is C10H16N2OS2. The van der Waals surface area contributed by atoms with Crippen molar-refractivity contribution < 1.29 is 4.74 Å². The summed E-state index contributed by atoms with van der Waals surface area (Å²) in [7, 11) is 0. The Morgan fingerprint density at radius 1 is 1.60 bits per heavy atom. The Bertz CT molecular complexity index is 310. The number of hydrogen-bond acceptors (Lipinski definition) is 5. The fraction of sp³-hybridized carbons (Fsp3) is 0.600. The van der Waals surface area contributed by atoms with Crippen molar-refractivity contribution >= 4 is 23.1 Å². The molecule has 0 radical (unpaired) electrons. The molecule has 2 rings (SSSR count). The van der Waals surface area contributed by atoms with Crippen molar-refractivity contribution in [1.29, 1.82) is 0 Å². The van der Waals surface area contributed by atoms with E-state index in [2.05, 4.69) is 24.5 Å². The van der Waals surface area contributed by atoms with Crippen molar-refractivity contribution in [2.45, 2.75) is 19.1 Å². The van der Waals surface area contributed by atoms with E-state index in [4.69, 9.17) is 10.6 Å². The number of aryl methyl sites for hydroxylation is 1. The predicted octanol–water partition coefficient (Wildman–Crippen LogP) is 1.69. The van der Waals surface area contributed by atoms with E-state index in [1.807, 2.05) is 11.8 Å². The normalized spacial score (nSPS) is 24.0. The largest absolute Gasteiger partial charge is 0.374 e. The van der Waals surface area contributed by atoms with Crippen LogP contribution in [0.5, 0.6) is 0 Å². The molecule has 3 nitrogen and oxygen atoms in total. The summed E-state index contributed by atoms with van der Waals surface area (Å²) in [6, 6.07) is 4.39. The number of thioether (sulfide) groups is 1. The first-order valence-electron chi connectivity index (χ1n) is 5.03. The minimum Gasteiger partial charge on any atom is -0.374 e. The molecule has 1 aromatic heterocycles. The van der Waals surface area contributed by atoms with Gasteiger partial charge >= 0.3 is 0 Å². The molecule has 1 aliphatic heterocycles. The van der Waals surface area contributed by atoms with Gasteiger partial charge in [-0.05, 0) is 19.1 Å². The molecular weight excluding hydrogens is 228 g/mol. The summed E-state index contributed by atoms with van der Waals surface area (Å²) in [4.78, 5) is 2.58. The van der Waals surface area contributed by atoms with Crippen LogP contribution < -0.4 is 11.3 Å². The maximum Gasteiger partial charge on any atom is 0.0881 e. The Morgan fingerprint density at radius 2 is 2.47 bits per heavy atom. The van der Waals surface area contributed by atoms with Crippen LogP contribution in [0.3, 0.4) is 0 Å². The van der Waals surface area contributed by atoms with Crippen molar-refractivity contribution in [3.05, 3.63) is 21.9 Å². The molecule has 5 heteroatoms. The summed E-state index contributed by atoms with van der Waals surface area (Å²) >= 11 is 3.71. The molecule has 0 aromatic carbocycles. The fourth-order valence-corrected chi connectivity index (χ4v) is 3.58. The van der Waals surface area contributed by atoms with Gasteiger partial charge in [0.25, 0.3) is 0 Å². The van der Waals surface area contributed by atoms with E-state index in [9.17, 15) is 0 Å². The van der Waals surface area contributed by atoms with Crippen LogP contribution in [0.2, 0.25) is 0 Å². The van der Waals surface area contributed by atoms with Crippen molar-refractivity contribution in [2.75, 3.05) is 18.1 Å². The molecule has 2 atom stereocenters. The first-order valence-corrected chi connectivity index (χ1v) is 7.00. The quantitative estimate of drug-likeness (QED) is 0.627. The van der Waals surface area contributed by atoms with Crippen LogP contribution in [-0.4, -0.2) is 24.2 Å². The van der Waals surface area contributed by atoms with Crippen LogP contribution in [0.4, 0.5) is 0 Å². The van der Waals surface area contributed by atoms with Gasteiger partial charge in [0.05, 0.1) is 18.8 Å². The lowest BCUT2D eigenvalue weighted by Gasteiger charge is -2.29. The second-order valence-electron chi connectivity index (χ2n) is 3.58. The van der Waals surface area contributed by atoms with Crippen molar-refractivity contribution in [3.8, 4) is 0 Å². The molecule has 3 N–H and O–H groups in total. The van der Waals surface area contributed by atoms with Gasteiger partial charge in [-0.3, -0.25) is 5.84 Å². The number of rotatable bonds is 3. The monoisotopic (exact) mass is 244 g/mol. The van der Waals surface area contributed by atoms with Crippen LogP contribution in [0.15, 0.2) is 12.1 Å². The van der Waals surface area contributed by atoms with Gasteiger partial charge in [0.2, 0.25) is 0 Å². The lowest BCUT2D eigenvalue weighted by Crippen LogP contribution is -2.40. The highest BCUT2D eigenvalue weighted by molar-refractivity contribution is 7.99. The zero-order valence-electron chi connectivity index (χ0n) is 8.73. The minimum atomic E-state index is 0.136. The minimum absolute atomic E-state index is 0.136. The summed E-state index contributed by atoms with van der Waals surface area (Å²) in [6.07, 6.45) is 0.201. The molecule has 0 spiro atoms. The van der Waals surface area contributed by atoms with Crippen LogP contribution >= 0.6 is 23.1 Å². The number of thiophene rings is 1. The third-order valence-electron chi connectivity index (χ3n) is 2.46. The summed E-state index contributed by atoms with van der Waals surface area (Å²) in [5.74, 6) is 7.73. The van der Waals surface area contributed by atoms with Crippen molar-refractivity contribution in [2.24, 2.45) is 5.84 Å². The number of nitrogens with one attached hydrogen (secondary N) is 1. The molecule has 2 unspecified atom stereocenters. The molecule has 2 heterocycles. The van der Waals surface area contributed by atoms with E-state index >= 15 is 0 Å². The Morgan fingerprint density at radius 3 is 3.00 bits per heavy atom. The molecule has 0 bridgehead atoms. The van der Waals surface area contributed by atoms with E-state index in [1.54, 1.807) is 11.3 Å². The number of hydrazine groups is 1. The number of nitrogens with two attached hydrogens (primary N) is 1. The molecule has 0 aliphatic carbocycles. The highest BCUT2D eigenvalue weighted by Crippen LogP contribution is 2.29. The average molecular weight is 244 g/mol. The third kappa shape index (κ3) is 2.73. The number of hydrogen-bond donors (Lipinski definition) is 2. The average Bonchev–Trinajstić information content (AvgIpc) is 2.68. The second-order valence-corrected chi connectivity index (χ2v) is 6.05. The standard InChI is InChI=1S/C10H16N2OS2/c1-7-2-3-9(15-7)10(12-11)8-6-14-5-4-13-8/h2-3,8,10,12H,4-6,11H2,1H3. The SMILES string of the molecule is Cc1ccc(C(NN)C2CSCCO2)s1. The van der Waals surface area contributed by atoms with E-state index in [-0.39, 0.29) is 12.1 Å². The van der Waals surface area contributed by atoms with Gasteiger partial charge in [0.1, 0.15) is 0 Å². The third-order valence-corrected chi connectivity index (χ3v) is 4.56. The predicted molar refractivity (Wildman–Crippen MR) is 66.2 cm³/mol. The molecule has 84 valence electrons. The van der Waals surface area contributed by atoms with E-state index in [0.29, 0.717) is 0 Å². The zero-order valence-corrected chi connectivity index (χ0v) is 10.4. The zero-order chi connectivity index (χ0) is 10.7. The highest BCUT2D eigenvalue weighted by Gasteiger charge is 2.26. The Hall–Kier alpha value is -0.0700. The maximum absolute atomic E-state index is 5.74. The van der Waals surface area contributed by atoms with E-state index < -0.39 is 0 Å². The molecule has 0 saturated carbocycles. The number of ether oxygens (including phenoxy) is 1. The molecule has 1 aliphatic rings. The lowest BCUT2D eigenvalue weighted by atomic mass is 10.1. The summed E-state index contributed by atoms with van der Waals surface area (Å²) in [5.41, 5.74) is 2.87. The first kappa shape index (κ1) is 11.4. The van der Waals surface area contributed by atoms with Crippen LogP contribution in [0.1, 0.15) is 15.8 Å². The van der Waals surface area contributed by atoms with Gasteiger partial charge in [-0.25, -0.2) is 5.43 Å². The van der Waals surface area contributed by atoms with Gasteiger partial charge in [0.15, 0.2) is 0 Å². The Balaban J connectivity index is 2.08. The van der Waals surface area contributed by atoms with Gasteiger partial charge in [-0.1, -0.05) is 0 Å². The van der Waals surface area contributed by atoms with Crippen LogP contribution in [-0.2, 0) is 4.74 Å². The molecule has 0 amide bonds. The van der Waals surface area contributed by atoms with Gasteiger partial charge in [0, 0.05) is 21.3 Å². The van der Waals surface area contributed by atoms with Gasteiger partial charge in [-0.15, -0.1) is 11.3 Å². The van der Waals surface area contributed by atoms with Crippen LogP contribution in [0, 0.1) is 6.92 Å². The molecule has 1 saturated heterocycles. The van der Waals surface area contributed by atoms with Crippen molar-refractivity contribution in [1.82, 2.24) is 5.43 Å². The summed E-state index contributed by atoms with van der Waals surface area (Å²) in [5, 5.41) is 0. The lowest BCUT2D eigenvalue weighted by molar-refractivity contribution is 0.0477. The molecule has 1 fully saturated rings. The van der Waals surface area contributed by atoms with Crippen molar-refractivity contribution in [3.63, 3.8) is 0 Å². The summed E-state index contributed by atoms with van der Waals surface area (Å²) in [6.45, 7) is 2.94. The second kappa shape index (κ2) is 5.32. The van der Waals surface area contributed by atoms with E-state index in [0.717, 1.165) is 18.1 Å². The highest BCUT2D eigenvalue weighted by atomic mass is 32.2. The summed E-state index contributed by atoms with van der Waals surface area (Å²) < 4.78 is 5.74. The molecule has 1 aromatic rings. The smallest absolute Gasteiger partial charge is 0.0881 e. The Labute approximate surface area is 98.4 Å². The van der Waals surface area contributed by atoms with Crippen LogP contribution in [0.25, 0.3) is 0 Å². The van der Waals surface area contributed by atoms with Gasteiger partial charge < -0.3 is 4.74 Å². The molecule has 15 heavy (non-hydrogen) atoms. The van der Waals surface area contributed by atoms with E-state index in [1.165, 1.54) is 9.75 Å².